The van der Waals surface area contributed by atoms with Crippen molar-refractivity contribution in [1.82, 2.24) is 0 Å². The molecule has 0 bridgehead atoms. The summed E-state index contributed by atoms with van der Waals surface area (Å²) in [7, 11) is 1.18. The lowest BCUT2D eigenvalue weighted by atomic mass is 10.2. The van der Waals surface area contributed by atoms with E-state index in [-0.39, 0.29) is 0 Å². The van der Waals surface area contributed by atoms with Crippen molar-refractivity contribution in [3.8, 4) is 0 Å². The topological polar surface area (TPSA) is 26.3 Å². The van der Waals surface area contributed by atoms with E-state index >= 15 is 0 Å². The van der Waals surface area contributed by atoms with Gasteiger partial charge in [-0.3, -0.25) is 4.21 Å². The standard InChI is InChI=1S/C6H12O2S.C2H6/c1-8-6-2-4-9(7)5-3-6;1-2/h6H,2-5H2,1H3;1-2H3. The van der Waals surface area contributed by atoms with Crippen LogP contribution in [0.25, 0.3) is 0 Å². The Morgan fingerprint density at radius 3 is 2.09 bits per heavy atom. The van der Waals surface area contributed by atoms with Crippen LogP contribution in [0.3, 0.4) is 0 Å². The molecule has 1 saturated heterocycles. The van der Waals surface area contributed by atoms with Crippen molar-refractivity contribution in [2.24, 2.45) is 0 Å². The molecule has 0 atom stereocenters. The molecule has 0 unspecified atom stereocenters. The van der Waals surface area contributed by atoms with Crippen LogP contribution in [0.1, 0.15) is 26.7 Å². The van der Waals surface area contributed by atoms with Gasteiger partial charge < -0.3 is 4.74 Å². The fourth-order valence-electron chi connectivity index (χ4n) is 1.01. The summed E-state index contributed by atoms with van der Waals surface area (Å²) in [6.07, 6.45) is 2.33. The molecule has 0 aliphatic carbocycles. The predicted octanol–water partition coefficient (Wildman–Crippen LogP) is 1.57. The van der Waals surface area contributed by atoms with Gasteiger partial charge in [-0.05, 0) is 12.8 Å². The molecule has 0 amide bonds. The van der Waals surface area contributed by atoms with Crippen molar-refractivity contribution in [3.05, 3.63) is 0 Å². The van der Waals surface area contributed by atoms with E-state index in [0.717, 1.165) is 24.3 Å². The molecule has 1 fully saturated rings. The van der Waals surface area contributed by atoms with Crippen molar-refractivity contribution in [2.45, 2.75) is 32.8 Å². The van der Waals surface area contributed by atoms with Crippen LogP contribution in [0.5, 0.6) is 0 Å². The summed E-state index contributed by atoms with van der Waals surface area (Å²) in [5.74, 6) is 1.66. The predicted molar refractivity (Wildman–Crippen MR) is 49.3 cm³/mol. The van der Waals surface area contributed by atoms with E-state index in [1.807, 2.05) is 13.8 Å². The number of hydrogen-bond donors (Lipinski definition) is 0. The normalized spacial score (nSPS) is 30.5. The SMILES string of the molecule is CC.COC1CCS(=O)CC1. The molecular formula is C8H18O2S. The summed E-state index contributed by atoms with van der Waals surface area (Å²) in [4.78, 5) is 0. The van der Waals surface area contributed by atoms with Gasteiger partial charge in [0, 0.05) is 29.4 Å². The first kappa shape index (κ1) is 11.1. The quantitative estimate of drug-likeness (QED) is 0.609. The van der Waals surface area contributed by atoms with Gasteiger partial charge in [-0.1, -0.05) is 13.8 Å². The summed E-state index contributed by atoms with van der Waals surface area (Å²) >= 11 is 0. The summed E-state index contributed by atoms with van der Waals surface area (Å²) < 4.78 is 15.9. The van der Waals surface area contributed by atoms with Gasteiger partial charge >= 0.3 is 0 Å². The Kier molecular flexibility index (Phi) is 6.87. The smallest absolute Gasteiger partial charge is 0.0588 e. The van der Waals surface area contributed by atoms with Crippen molar-refractivity contribution >= 4 is 10.8 Å². The highest BCUT2D eigenvalue weighted by molar-refractivity contribution is 7.85. The highest BCUT2D eigenvalue weighted by Crippen LogP contribution is 2.11. The van der Waals surface area contributed by atoms with Crippen LogP contribution in [-0.4, -0.2) is 28.9 Å². The van der Waals surface area contributed by atoms with E-state index in [1.165, 1.54) is 0 Å². The zero-order valence-corrected chi connectivity index (χ0v) is 8.45. The molecule has 2 nitrogen and oxygen atoms in total. The Bertz CT molecular complexity index is 105. The van der Waals surface area contributed by atoms with Gasteiger partial charge in [0.2, 0.25) is 0 Å². The largest absolute Gasteiger partial charge is 0.381 e. The lowest BCUT2D eigenvalue weighted by Gasteiger charge is -2.18. The Hall–Kier alpha value is 0.110. The van der Waals surface area contributed by atoms with E-state index in [4.69, 9.17) is 4.74 Å². The maximum atomic E-state index is 10.8. The van der Waals surface area contributed by atoms with Crippen molar-refractivity contribution < 1.29 is 8.95 Å². The molecule has 0 aromatic rings. The molecule has 11 heavy (non-hydrogen) atoms. The van der Waals surface area contributed by atoms with Gasteiger partial charge in [0.05, 0.1) is 6.10 Å². The maximum absolute atomic E-state index is 10.8. The third kappa shape index (κ3) is 4.53. The van der Waals surface area contributed by atoms with Gasteiger partial charge in [0.15, 0.2) is 0 Å². The maximum Gasteiger partial charge on any atom is 0.0588 e. The molecule has 0 radical (unpaired) electrons. The van der Waals surface area contributed by atoms with Gasteiger partial charge in [0.25, 0.3) is 0 Å². The van der Waals surface area contributed by atoms with Crippen LogP contribution in [0.2, 0.25) is 0 Å². The van der Waals surface area contributed by atoms with Crippen molar-refractivity contribution in [2.75, 3.05) is 18.6 Å². The third-order valence-electron chi connectivity index (χ3n) is 1.67. The van der Waals surface area contributed by atoms with E-state index in [2.05, 4.69) is 0 Å². The van der Waals surface area contributed by atoms with E-state index in [1.54, 1.807) is 7.11 Å². The number of hydrogen-bond acceptors (Lipinski definition) is 2. The molecular weight excluding hydrogens is 160 g/mol. The average Bonchev–Trinajstić information content (AvgIpc) is 2.10. The van der Waals surface area contributed by atoms with Crippen LogP contribution in [-0.2, 0) is 15.5 Å². The molecule has 3 heteroatoms. The number of methoxy groups -OCH3 is 1. The van der Waals surface area contributed by atoms with Crippen LogP contribution in [0.4, 0.5) is 0 Å². The Balaban J connectivity index is 0.000000461. The first-order valence-corrected chi connectivity index (χ1v) is 5.69. The minimum absolute atomic E-state index is 0.377. The molecule has 0 spiro atoms. The first-order chi connectivity index (χ1) is 5.33. The second-order valence-electron chi connectivity index (χ2n) is 2.28. The molecule has 0 aromatic carbocycles. The Morgan fingerprint density at radius 2 is 1.73 bits per heavy atom. The van der Waals surface area contributed by atoms with Gasteiger partial charge in [-0.25, -0.2) is 0 Å². The van der Waals surface area contributed by atoms with Crippen LogP contribution in [0.15, 0.2) is 0 Å². The lowest BCUT2D eigenvalue weighted by molar-refractivity contribution is 0.0953. The molecule has 68 valence electrons. The molecule has 1 aliphatic rings. The fourth-order valence-corrected chi connectivity index (χ4v) is 2.26. The van der Waals surface area contributed by atoms with Gasteiger partial charge in [0.1, 0.15) is 0 Å². The zero-order valence-electron chi connectivity index (χ0n) is 7.63. The van der Waals surface area contributed by atoms with Crippen LogP contribution in [0, 0.1) is 0 Å². The summed E-state index contributed by atoms with van der Waals surface area (Å²) in [6.45, 7) is 4.00. The van der Waals surface area contributed by atoms with Crippen molar-refractivity contribution in [1.29, 1.82) is 0 Å². The van der Waals surface area contributed by atoms with Crippen molar-refractivity contribution in [3.63, 3.8) is 0 Å². The van der Waals surface area contributed by atoms with E-state index < -0.39 is 10.8 Å². The lowest BCUT2D eigenvalue weighted by Crippen LogP contribution is -2.23. The molecule has 1 aliphatic heterocycles. The zero-order chi connectivity index (χ0) is 8.69. The Labute approximate surface area is 71.8 Å². The monoisotopic (exact) mass is 178 g/mol. The molecule has 1 rings (SSSR count). The second kappa shape index (κ2) is 6.80. The summed E-state index contributed by atoms with van der Waals surface area (Å²) in [6, 6.07) is 0. The minimum atomic E-state index is -0.542. The molecule has 0 saturated carbocycles. The number of rotatable bonds is 1. The Morgan fingerprint density at radius 1 is 1.27 bits per heavy atom. The summed E-state index contributed by atoms with van der Waals surface area (Å²) in [5.41, 5.74) is 0. The second-order valence-corrected chi connectivity index (χ2v) is 3.98. The van der Waals surface area contributed by atoms with E-state index in [0.29, 0.717) is 6.10 Å². The van der Waals surface area contributed by atoms with Crippen LogP contribution < -0.4 is 0 Å². The minimum Gasteiger partial charge on any atom is -0.381 e. The highest BCUT2D eigenvalue weighted by atomic mass is 32.2. The molecule has 0 N–H and O–H groups in total. The van der Waals surface area contributed by atoms with Gasteiger partial charge in [-0.15, -0.1) is 0 Å². The van der Waals surface area contributed by atoms with Crippen LogP contribution >= 0.6 is 0 Å². The summed E-state index contributed by atoms with van der Waals surface area (Å²) in [5, 5.41) is 0. The number of ether oxygens (including phenoxy) is 1. The molecule has 0 aromatic heterocycles. The van der Waals surface area contributed by atoms with E-state index in [9.17, 15) is 4.21 Å². The fraction of sp³-hybridized carbons (Fsp3) is 1.00. The van der Waals surface area contributed by atoms with Gasteiger partial charge in [-0.2, -0.15) is 0 Å². The highest BCUT2D eigenvalue weighted by Gasteiger charge is 2.16. The third-order valence-corrected chi connectivity index (χ3v) is 3.05. The first-order valence-electron chi connectivity index (χ1n) is 4.20. The molecule has 1 heterocycles. The average molecular weight is 178 g/mol.